The van der Waals surface area contributed by atoms with Gasteiger partial charge < -0.3 is 21.9 Å². The smallest absolute Gasteiger partial charge is 0.326 e. The zero-order valence-electron chi connectivity index (χ0n) is 11.2. The standard InChI is InChI=1S/C12H23N3O4/c1-2-8(5-6-13)3-4-11(17)15-9(12(18)19)7-10(14)16/h8-9H,2-7,13H2,1H3,(H2,14,16)(H,15,17)(H,18,19)/t8?,9-/m1/s1. The van der Waals surface area contributed by atoms with Gasteiger partial charge >= 0.3 is 5.97 Å². The number of carbonyl (C=O) groups excluding carboxylic acids is 2. The maximum absolute atomic E-state index is 11.6. The second-order valence-electron chi connectivity index (χ2n) is 4.52. The minimum atomic E-state index is -1.26. The number of amides is 2. The Morgan fingerprint density at radius 3 is 2.32 bits per heavy atom. The predicted molar refractivity (Wildman–Crippen MR) is 70.1 cm³/mol. The number of primary amides is 1. The van der Waals surface area contributed by atoms with Crippen LogP contribution in [0.4, 0.5) is 0 Å². The average Bonchev–Trinajstić information content (AvgIpc) is 2.32. The maximum atomic E-state index is 11.6. The first-order valence-corrected chi connectivity index (χ1v) is 6.41. The van der Waals surface area contributed by atoms with Crippen LogP contribution in [0.1, 0.15) is 39.0 Å². The molecule has 2 atom stereocenters. The van der Waals surface area contributed by atoms with E-state index in [2.05, 4.69) is 5.32 Å². The van der Waals surface area contributed by atoms with Gasteiger partial charge in [0.25, 0.3) is 0 Å². The maximum Gasteiger partial charge on any atom is 0.326 e. The molecule has 19 heavy (non-hydrogen) atoms. The van der Waals surface area contributed by atoms with Crippen LogP contribution in [0.25, 0.3) is 0 Å². The number of hydrogen-bond acceptors (Lipinski definition) is 4. The summed E-state index contributed by atoms with van der Waals surface area (Å²) in [4.78, 5) is 33.1. The molecule has 0 aliphatic rings. The third-order valence-electron chi connectivity index (χ3n) is 2.97. The number of nitrogens with two attached hydrogens (primary N) is 2. The molecule has 0 saturated heterocycles. The predicted octanol–water partition coefficient (Wildman–Crippen LogP) is -0.414. The van der Waals surface area contributed by atoms with E-state index in [1.54, 1.807) is 0 Å². The molecule has 7 heteroatoms. The van der Waals surface area contributed by atoms with E-state index in [9.17, 15) is 14.4 Å². The highest BCUT2D eigenvalue weighted by molar-refractivity contribution is 5.88. The summed E-state index contributed by atoms with van der Waals surface area (Å²) in [5, 5.41) is 11.1. The minimum absolute atomic E-state index is 0.223. The second-order valence-corrected chi connectivity index (χ2v) is 4.52. The Bertz CT molecular complexity index is 320. The molecule has 110 valence electrons. The molecule has 0 aromatic rings. The fourth-order valence-electron chi connectivity index (χ4n) is 1.79. The summed E-state index contributed by atoms with van der Waals surface area (Å²) < 4.78 is 0. The van der Waals surface area contributed by atoms with Crippen LogP contribution >= 0.6 is 0 Å². The molecule has 7 nitrogen and oxygen atoms in total. The Hall–Kier alpha value is -1.63. The van der Waals surface area contributed by atoms with E-state index < -0.39 is 24.3 Å². The topological polar surface area (TPSA) is 136 Å². The summed E-state index contributed by atoms with van der Waals surface area (Å²) in [6.45, 7) is 2.59. The molecular formula is C12H23N3O4. The van der Waals surface area contributed by atoms with Crippen LogP contribution in [-0.2, 0) is 14.4 Å². The number of carboxylic acid groups (broad SMARTS) is 1. The molecule has 0 aliphatic carbocycles. The van der Waals surface area contributed by atoms with Crippen molar-refractivity contribution in [2.24, 2.45) is 17.4 Å². The third kappa shape index (κ3) is 8.15. The van der Waals surface area contributed by atoms with Crippen LogP contribution in [0.3, 0.4) is 0 Å². The number of aliphatic carboxylic acids is 1. The molecule has 0 aromatic heterocycles. The molecule has 0 radical (unpaired) electrons. The Kier molecular flexibility index (Phi) is 8.52. The summed E-state index contributed by atoms with van der Waals surface area (Å²) in [5.41, 5.74) is 10.4. The largest absolute Gasteiger partial charge is 0.480 e. The Labute approximate surface area is 112 Å². The highest BCUT2D eigenvalue weighted by atomic mass is 16.4. The third-order valence-corrected chi connectivity index (χ3v) is 2.97. The van der Waals surface area contributed by atoms with Crippen molar-refractivity contribution in [2.45, 2.75) is 45.1 Å². The van der Waals surface area contributed by atoms with Gasteiger partial charge in [0.05, 0.1) is 6.42 Å². The zero-order valence-corrected chi connectivity index (χ0v) is 11.2. The fraction of sp³-hybridized carbons (Fsp3) is 0.750. The van der Waals surface area contributed by atoms with Crippen molar-refractivity contribution in [2.75, 3.05) is 6.54 Å². The fourth-order valence-corrected chi connectivity index (χ4v) is 1.79. The monoisotopic (exact) mass is 273 g/mol. The average molecular weight is 273 g/mol. The molecule has 0 aromatic carbocycles. The van der Waals surface area contributed by atoms with Crippen LogP contribution in [0.2, 0.25) is 0 Å². The minimum Gasteiger partial charge on any atom is -0.480 e. The highest BCUT2D eigenvalue weighted by Crippen LogP contribution is 2.14. The van der Waals surface area contributed by atoms with Gasteiger partial charge in [-0.25, -0.2) is 4.79 Å². The van der Waals surface area contributed by atoms with Gasteiger partial charge in [-0.15, -0.1) is 0 Å². The first-order chi connectivity index (χ1) is 8.90. The first kappa shape index (κ1) is 17.4. The molecule has 0 spiro atoms. The molecule has 0 aliphatic heterocycles. The van der Waals surface area contributed by atoms with E-state index in [0.717, 1.165) is 12.8 Å². The summed E-state index contributed by atoms with van der Waals surface area (Å²) in [5.74, 6) is -2.05. The zero-order chi connectivity index (χ0) is 14.8. The van der Waals surface area contributed by atoms with Crippen molar-refractivity contribution < 1.29 is 19.5 Å². The number of hydrogen-bond donors (Lipinski definition) is 4. The van der Waals surface area contributed by atoms with Crippen molar-refractivity contribution >= 4 is 17.8 Å². The summed E-state index contributed by atoms with van der Waals surface area (Å²) in [6.07, 6.45) is 2.24. The molecule has 0 saturated carbocycles. The Morgan fingerprint density at radius 2 is 1.89 bits per heavy atom. The summed E-state index contributed by atoms with van der Waals surface area (Å²) in [7, 11) is 0. The molecule has 0 bridgehead atoms. The van der Waals surface area contributed by atoms with Gasteiger partial charge in [0.2, 0.25) is 11.8 Å². The van der Waals surface area contributed by atoms with E-state index in [4.69, 9.17) is 16.6 Å². The molecule has 0 heterocycles. The van der Waals surface area contributed by atoms with E-state index >= 15 is 0 Å². The number of rotatable bonds is 10. The van der Waals surface area contributed by atoms with Crippen LogP contribution in [0, 0.1) is 5.92 Å². The van der Waals surface area contributed by atoms with Crippen molar-refractivity contribution in [1.82, 2.24) is 5.32 Å². The second kappa shape index (κ2) is 9.32. The van der Waals surface area contributed by atoms with Crippen LogP contribution in [0.5, 0.6) is 0 Å². The lowest BCUT2D eigenvalue weighted by molar-refractivity contribution is -0.143. The first-order valence-electron chi connectivity index (χ1n) is 6.41. The van der Waals surface area contributed by atoms with Crippen molar-refractivity contribution in [3.8, 4) is 0 Å². The molecule has 2 amide bonds. The van der Waals surface area contributed by atoms with Crippen LogP contribution < -0.4 is 16.8 Å². The lowest BCUT2D eigenvalue weighted by atomic mass is 9.96. The van der Waals surface area contributed by atoms with Gasteiger partial charge in [-0.1, -0.05) is 13.3 Å². The number of nitrogens with one attached hydrogen (secondary N) is 1. The highest BCUT2D eigenvalue weighted by Gasteiger charge is 2.22. The molecule has 0 rings (SSSR count). The Morgan fingerprint density at radius 1 is 1.26 bits per heavy atom. The number of carbonyl (C=O) groups is 3. The van der Waals surface area contributed by atoms with Gasteiger partial charge in [0.1, 0.15) is 6.04 Å². The molecule has 6 N–H and O–H groups in total. The van der Waals surface area contributed by atoms with Gasteiger partial charge in [-0.2, -0.15) is 0 Å². The normalized spacial score (nSPS) is 13.6. The van der Waals surface area contributed by atoms with E-state index in [1.165, 1.54) is 0 Å². The lowest BCUT2D eigenvalue weighted by Gasteiger charge is -2.15. The quantitative estimate of drug-likeness (QED) is 0.429. The van der Waals surface area contributed by atoms with Crippen molar-refractivity contribution in [3.05, 3.63) is 0 Å². The van der Waals surface area contributed by atoms with Gasteiger partial charge in [-0.05, 0) is 25.3 Å². The summed E-state index contributed by atoms with van der Waals surface area (Å²) in [6, 6.07) is -1.25. The SMILES string of the molecule is CCC(CCN)CCC(=O)N[C@H](CC(N)=O)C(=O)O. The van der Waals surface area contributed by atoms with Gasteiger partial charge in [0.15, 0.2) is 0 Å². The molecule has 1 unspecified atom stereocenters. The summed E-state index contributed by atoms with van der Waals surface area (Å²) >= 11 is 0. The number of carboxylic acids is 1. The molecular weight excluding hydrogens is 250 g/mol. The molecule has 0 fully saturated rings. The van der Waals surface area contributed by atoms with Crippen molar-refractivity contribution in [3.63, 3.8) is 0 Å². The van der Waals surface area contributed by atoms with E-state index in [0.29, 0.717) is 18.9 Å². The van der Waals surface area contributed by atoms with Crippen molar-refractivity contribution in [1.29, 1.82) is 0 Å². The van der Waals surface area contributed by atoms with Gasteiger partial charge in [0, 0.05) is 6.42 Å². The van der Waals surface area contributed by atoms with E-state index in [1.807, 2.05) is 6.92 Å². The van der Waals surface area contributed by atoms with Crippen LogP contribution in [-0.4, -0.2) is 35.5 Å². The van der Waals surface area contributed by atoms with Crippen LogP contribution in [0.15, 0.2) is 0 Å². The Balaban J connectivity index is 4.19. The van der Waals surface area contributed by atoms with E-state index in [-0.39, 0.29) is 12.3 Å². The van der Waals surface area contributed by atoms with Gasteiger partial charge in [-0.3, -0.25) is 9.59 Å². The lowest BCUT2D eigenvalue weighted by Crippen LogP contribution is -2.43.